The number of allylic oxidation sites excluding steroid dienone is 1. The van der Waals surface area contributed by atoms with Gasteiger partial charge in [-0.15, -0.1) is 11.6 Å². The van der Waals surface area contributed by atoms with E-state index in [1.807, 2.05) is 13.8 Å². The maximum Gasteiger partial charge on any atom is 0.331 e. The van der Waals surface area contributed by atoms with Crippen molar-refractivity contribution >= 4 is 24.9 Å². The van der Waals surface area contributed by atoms with Gasteiger partial charge in [-0.1, -0.05) is 19.9 Å². The molecule has 4 nitrogen and oxygen atoms in total. The molecule has 6 heteroatoms. The Morgan fingerprint density at radius 3 is 2.53 bits per heavy atom. The van der Waals surface area contributed by atoms with E-state index in [9.17, 15) is 9.36 Å². The number of carboxylic acids is 1. The predicted octanol–water partition coefficient (Wildman–Crippen LogP) is 3.99. The van der Waals surface area contributed by atoms with Crippen molar-refractivity contribution in [2.75, 3.05) is 24.8 Å². The average molecular weight is 311 g/mol. The van der Waals surface area contributed by atoms with Gasteiger partial charge >= 0.3 is 5.97 Å². The normalized spacial score (nSPS) is 15.5. The number of hydrogen-bond donors (Lipinski definition) is 1. The van der Waals surface area contributed by atoms with E-state index in [4.69, 9.17) is 21.2 Å². The maximum absolute atomic E-state index is 12.6. The van der Waals surface area contributed by atoms with Crippen LogP contribution >= 0.6 is 19.0 Å². The fourth-order valence-corrected chi connectivity index (χ4v) is 4.63. The number of carbonyl (C=O) groups is 1. The first-order chi connectivity index (χ1) is 8.84. The van der Waals surface area contributed by atoms with E-state index < -0.39 is 13.3 Å². The van der Waals surface area contributed by atoms with Gasteiger partial charge in [0.05, 0.1) is 12.8 Å². The summed E-state index contributed by atoms with van der Waals surface area (Å²) in [6, 6.07) is 0. The molecule has 1 unspecified atom stereocenters. The standard InChI is InChI=1S/C13H24ClO4P/c1-4-18-19(17,9-11(2)3)10-12(13(15)16)7-5-6-8-14/h7,11H,4-6,8-10H2,1-3H3,(H,15,16)/b12-7-. The lowest BCUT2D eigenvalue weighted by molar-refractivity contribution is -0.132. The van der Waals surface area contributed by atoms with Crippen LogP contribution < -0.4 is 0 Å². The number of alkyl halides is 1. The molecule has 0 rings (SSSR count). The molecule has 112 valence electrons. The summed E-state index contributed by atoms with van der Waals surface area (Å²) in [5.74, 6) is -0.341. The van der Waals surface area contributed by atoms with Crippen LogP contribution in [0.3, 0.4) is 0 Å². The molecular formula is C13H24ClO4P. The minimum Gasteiger partial charge on any atom is -0.478 e. The van der Waals surface area contributed by atoms with Crippen molar-refractivity contribution < 1.29 is 19.0 Å². The lowest BCUT2D eigenvalue weighted by Crippen LogP contribution is -2.12. The Morgan fingerprint density at radius 2 is 2.11 bits per heavy atom. The predicted molar refractivity (Wildman–Crippen MR) is 79.5 cm³/mol. The summed E-state index contributed by atoms with van der Waals surface area (Å²) in [6.45, 7) is 6.00. The SMILES string of the molecule is CCOP(=O)(C/C(=C/CCCCl)C(=O)O)CC(C)C. The van der Waals surface area contributed by atoms with Crippen molar-refractivity contribution in [3.8, 4) is 0 Å². The maximum atomic E-state index is 12.6. The summed E-state index contributed by atoms with van der Waals surface area (Å²) in [5, 5.41) is 9.16. The van der Waals surface area contributed by atoms with E-state index in [1.54, 1.807) is 13.0 Å². The molecule has 0 radical (unpaired) electrons. The first kappa shape index (κ1) is 18.7. The van der Waals surface area contributed by atoms with Crippen molar-refractivity contribution in [1.82, 2.24) is 0 Å². The van der Waals surface area contributed by atoms with Crippen molar-refractivity contribution in [2.45, 2.75) is 33.6 Å². The molecule has 0 amide bonds. The molecule has 0 saturated carbocycles. The van der Waals surface area contributed by atoms with E-state index >= 15 is 0 Å². The second-order valence-electron chi connectivity index (χ2n) is 4.83. The summed E-state index contributed by atoms with van der Waals surface area (Å²) in [4.78, 5) is 11.2. The van der Waals surface area contributed by atoms with Crippen molar-refractivity contribution in [1.29, 1.82) is 0 Å². The average Bonchev–Trinajstić information content (AvgIpc) is 2.26. The molecule has 1 N–H and O–H groups in total. The van der Waals surface area contributed by atoms with Crippen LogP contribution in [0.4, 0.5) is 0 Å². The number of hydrogen-bond acceptors (Lipinski definition) is 3. The molecule has 0 heterocycles. The highest BCUT2D eigenvalue weighted by molar-refractivity contribution is 7.59. The fourth-order valence-electron chi connectivity index (χ4n) is 1.79. The van der Waals surface area contributed by atoms with Gasteiger partial charge in [-0.3, -0.25) is 4.57 Å². The van der Waals surface area contributed by atoms with E-state index in [-0.39, 0.29) is 17.7 Å². The highest BCUT2D eigenvalue weighted by Crippen LogP contribution is 2.50. The van der Waals surface area contributed by atoms with E-state index in [2.05, 4.69) is 0 Å². The van der Waals surface area contributed by atoms with Gasteiger partial charge in [0.15, 0.2) is 0 Å². The summed E-state index contributed by atoms with van der Waals surface area (Å²) >= 11 is 5.56. The summed E-state index contributed by atoms with van der Waals surface area (Å²) in [6.07, 6.45) is 3.30. The first-order valence-corrected chi connectivity index (χ1v) is 9.08. The number of carboxylic acid groups (broad SMARTS) is 1. The Morgan fingerprint density at radius 1 is 1.47 bits per heavy atom. The first-order valence-electron chi connectivity index (χ1n) is 6.55. The molecule has 1 atom stereocenters. The molecular weight excluding hydrogens is 287 g/mol. The molecule has 0 aliphatic rings. The summed E-state index contributed by atoms with van der Waals surface area (Å²) in [5.41, 5.74) is 0.169. The third-order valence-corrected chi connectivity index (χ3v) is 5.53. The number of rotatable bonds is 10. The van der Waals surface area contributed by atoms with Crippen molar-refractivity contribution in [3.63, 3.8) is 0 Å². The Labute approximate surface area is 120 Å². The topological polar surface area (TPSA) is 63.6 Å². The van der Waals surface area contributed by atoms with Crippen LogP contribution in [0.15, 0.2) is 11.6 Å². The fraction of sp³-hybridized carbons (Fsp3) is 0.769. The van der Waals surface area contributed by atoms with Crippen LogP contribution in [0.2, 0.25) is 0 Å². The van der Waals surface area contributed by atoms with Gasteiger partial charge in [0.25, 0.3) is 0 Å². The third-order valence-electron chi connectivity index (χ3n) is 2.42. The van der Waals surface area contributed by atoms with Crippen LogP contribution in [0, 0.1) is 5.92 Å². The Hall–Kier alpha value is -0.310. The Kier molecular flexibility index (Phi) is 9.42. The summed E-state index contributed by atoms with van der Waals surface area (Å²) < 4.78 is 18.0. The van der Waals surface area contributed by atoms with E-state index in [0.717, 1.165) is 0 Å². The molecule has 0 aromatic heterocycles. The molecule has 0 aromatic rings. The number of unbranched alkanes of at least 4 members (excludes halogenated alkanes) is 1. The van der Waals surface area contributed by atoms with Gasteiger partial charge in [0.1, 0.15) is 0 Å². The molecule has 0 spiro atoms. The van der Waals surface area contributed by atoms with Crippen molar-refractivity contribution in [3.05, 3.63) is 11.6 Å². The molecule has 0 aliphatic heterocycles. The van der Waals surface area contributed by atoms with Crippen LogP contribution in [0.1, 0.15) is 33.6 Å². The lowest BCUT2D eigenvalue weighted by Gasteiger charge is -2.20. The minimum atomic E-state index is -2.92. The van der Waals surface area contributed by atoms with Gasteiger partial charge in [-0.2, -0.15) is 0 Å². The molecule has 0 bridgehead atoms. The Bertz CT molecular complexity index is 353. The Balaban J connectivity index is 4.89. The number of halogens is 1. The third kappa shape index (κ3) is 8.46. The largest absolute Gasteiger partial charge is 0.478 e. The highest BCUT2D eigenvalue weighted by Gasteiger charge is 2.27. The highest BCUT2D eigenvalue weighted by atomic mass is 35.5. The summed E-state index contributed by atoms with van der Waals surface area (Å²) in [7, 11) is -2.92. The smallest absolute Gasteiger partial charge is 0.331 e. The zero-order valence-corrected chi connectivity index (χ0v) is 13.5. The monoisotopic (exact) mass is 310 g/mol. The van der Waals surface area contributed by atoms with Crippen molar-refractivity contribution in [2.24, 2.45) is 5.92 Å². The second-order valence-corrected chi connectivity index (χ2v) is 7.78. The van der Waals surface area contributed by atoms with Gasteiger partial charge in [-0.05, 0) is 25.7 Å². The van der Waals surface area contributed by atoms with E-state index in [1.165, 1.54) is 0 Å². The molecule has 0 saturated heterocycles. The van der Waals surface area contributed by atoms with Crippen LogP contribution in [-0.2, 0) is 13.9 Å². The lowest BCUT2D eigenvalue weighted by atomic mass is 10.2. The number of aliphatic carboxylic acids is 1. The van der Waals surface area contributed by atoms with Gasteiger partial charge in [-0.25, -0.2) is 4.79 Å². The van der Waals surface area contributed by atoms with E-state index in [0.29, 0.717) is 31.5 Å². The minimum absolute atomic E-state index is 0.00333. The zero-order valence-electron chi connectivity index (χ0n) is 11.9. The second kappa shape index (κ2) is 9.57. The van der Waals surface area contributed by atoms with Crippen LogP contribution in [-0.4, -0.2) is 35.9 Å². The molecule has 0 fully saturated rings. The molecule has 19 heavy (non-hydrogen) atoms. The molecule has 0 aliphatic carbocycles. The van der Waals surface area contributed by atoms with Crippen LogP contribution in [0.25, 0.3) is 0 Å². The van der Waals surface area contributed by atoms with Gasteiger partial charge < -0.3 is 9.63 Å². The van der Waals surface area contributed by atoms with Gasteiger partial charge in [0, 0.05) is 17.6 Å². The quantitative estimate of drug-likeness (QED) is 0.287. The molecule has 0 aromatic carbocycles. The van der Waals surface area contributed by atoms with Crippen LogP contribution in [0.5, 0.6) is 0 Å². The van der Waals surface area contributed by atoms with Gasteiger partial charge in [0.2, 0.25) is 7.37 Å². The zero-order chi connectivity index (χ0) is 14.9.